The number of aliphatic imine (C=N–C) groups is 2. The molecule has 7 heteroatoms. The highest BCUT2D eigenvalue weighted by molar-refractivity contribution is 7.84. The number of carbonyl (C=O) groups is 1. The first-order valence-corrected chi connectivity index (χ1v) is 14.3. The van der Waals surface area contributed by atoms with Gasteiger partial charge in [0.1, 0.15) is 0 Å². The molecule has 1 aromatic carbocycles. The third-order valence-corrected chi connectivity index (χ3v) is 7.73. The smallest absolute Gasteiger partial charge is 0.254 e. The summed E-state index contributed by atoms with van der Waals surface area (Å²) in [6, 6.07) is 7.01. The first kappa shape index (κ1) is 29.9. The Labute approximate surface area is 235 Å². The van der Waals surface area contributed by atoms with E-state index >= 15 is 0 Å². The number of hydrogen-bond acceptors (Lipinski definition) is 4. The van der Waals surface area contributed by atoms with E-state index < -0.39 is 0 Å². The number of allylic oxidation sites excluding steroid dienone is 3. The van der Waals surface area contributed by atoms with Crippen molar-refractivity contribution in [3.63, 3.8) is 0 Å². The van der Waals surface area contributed by atoms with Crippen LogP contribution in [0.4, 0.5) is 5.69 Å². The van der Waals surface area contributed by atoms with Crippen molar-refractivity contribution < 1.29 is 4.79 Å². The van der Waals surface area contributed by atoms with Crippen molar-refractivity contribution in [1.82, 2.24) is 9.80 Å². The number of carbonyl (C=O) groups excluding carboxylic acids is 1. The van der Waals surface area contributed by atoms with Crippen LogP contribution < -0.4 is 5.32 Å². The quantitative estimate of drug-likeness (QED) is 0.134. The number of benzene rings is 1. The zero-order valence-corrected chi connectivity index (χ0v) is 24.7. The predicted molar refractivity (Wildman–Crippen MR) is 166 cm³/mol. The van der Waals surface area contributed by atoms with E-state index in [1.54, 1.807) is 13.1 Å². The van der Waals surface area contributed by atoms with E-state index in [2.05, 4.69) is 80.3 Å². The summed E-state index contributed by atoms with van der Waals surface area (Å²) in [6.45, 7) is 15.0. The van der Waals surface area contributed by atoms with Crippen molar-refractivity contribution in [2.75, 3.05) is 32.0 Å². The van der Waals surface area contributed by atoms with E-state index in [-0.39, 0.29) is 11.9 Å². The molecule has 1 aromatic rings. The molecule has 0 spiro atoms. The Morgan fingerprint density at radius 3 is 2.58 bits per heavy atom. The molecule has 206 valence electrons. The fourth-order valence-electron chi connectivity index (χ4n) is 5.33. The maximum Gasteiger partial charge on any atom is 0.254 e. The lowest BCUT2D eigenvalue weighted by molar-refractivity contribution is -0.130. The second kappa shape index (κ2) is 14.5. The van der Waals surface area contributed by atoms with E-state index in [0.29, 0.717) is 17.6 Å². The number of likely N-dealkylation sites (tertiary alicyclic amines) is 2. The average Bonchev–Trinajstić information content (AvgIpc) is 3.35. The lowest BCUT2D eigenvalue weighted by atomic mass is 9.96. The van der Waals surface area contributed by atoms with E-state index in [1.807, 2.05) is 17.1 Å². The van der Waals surface area contributed by atoms with Crippen LogP contribution in [0.2, 0.25) is 0 Å². The Balaban J connectivity index is 1.58. The first-order valence-electron chi connectivity index (χ1n) is 13.9. The number of rotatable bonds is 8. The molecule has 0 saturated carbocycles. The highest BCUT2D eigenvalue weighted by atomic mass is 32.1. The molecular weight excluding hydrogens is 490 g/mol. The molecule has 38 heavy (non-hydrogen) atoms. The third kappa shape index (κ3) is 8.43. The van der Waals surface area contributed by atoms with Crippen molar-refractivity contribution in [2.45, 2.75) is 78.3 Å². The molecule has 1 N–H and O–H groups in total. The predicted octanol–water partition coefficient (Wildman–Crippen LogP) is 6.34. The van der Waals surface area contributed by atoms with E-state index in [4.69, 9.17) is 4.99 Å². The molecule has 0 unspecified atom stereocenters. The van der Waals surface area contributed by atoms with Gasteiger partial charge in [0.25, 0.3) is 5.91 Å². The van der Waals surface area contributed by atoms with Crippen LogP contribution in [-0.2, 0) is 4.79 Å². The Bertz CT molecular complexity index is 1100. The molecule has 2 fully saturated rings. The summed E-state index contributed by atoms with van der Waals surface area (Å²) < 4.78 is 0. The standard InChI is InChI=1S/C31H45N5OS/c1-7-9-10-29(38)12-11-25(8-2)30(37)36-16-14-28(20-24(36)5)35-15-13-26(21-35)33-31(32-6)34-27-18-22(3)17-23(4)19-27/h8,11-12,17-19,24,28,38H,2,7,9-10,13-16,20-21H2,1,3-6H3,(H,32,34)/b25-11+,29-12+,33-26+/t24-,28-/m1/s1. The van der Waals surface area contributed by atoms with Gasteiger partial charge in [-0.2, -0.15) is 0 Å². The van der Waals surface area contributed by atoms with Crippen LogP contribution in [0.15, 0.2) is 63.5 Å². The Morgan fingerprint density at radius 1 is 1.21 bits per heavy atom. The van der Waals surface area contributed by atoms with Gasteiger partial charge in [-0.25, -0.2) is 4.99 Å². The first-order chi connectivity index (χ1) is 18.2. The molecule has 1 amide bonds. The second-order valence-electron chi connectivity index (χ2n) is 10.6. The molecule has 3 rings (SSSR count). The number of aryl methyl sites for hydroxylation is 2. The van der Waals surface area contributed by atoms with Gasteiger partial charge in [0.15, 0.2) is 0 Å². The fraction of sp³-hybridized carbons (Fsp3) is 0.516. The zero-order chi connectivity index (χ0) is 27.7. The minimum atomic E-state index is 0.0590. The van der Waals surface area contributed by atoms with Crippen molar-refractivity contribution in [3.05, 3.63) is 64.6 Å². The molecule has 6 nitrogen and oxygen atoms in total. The van der Waals surface area contributed by atoms with Gasteiger partial charge in [-0.1, -0.05) is 38.1 Å². The van der Waals surface area contributed by atoms with Crippen molar-refractivity contribution in [3.8, 4) is 0 Å². The maximum atomic E-state index is 13.3. The summed E-state index contributed by atoms with van der Waals surface area (Å²) >= 11 is 4.55. The molecule has 2 heterocycles. The number of nitrogens with one attached hydrogen (secondary N) is 1. The Morgan fingerprint density at radius 2 is 1.95 bits per heavy atom. The number of amides is 1. The van der Waals surface area contributed by atoms with Crippen LogP contribution in [0.5, 0.6) is 0 Å². The van der Waals surface area contributed by atoms with Gasteiger partial charge in [-0.3, -0.25) is 14.7 Å². The SMILES string of the molecule is C=C/C(=C\C=C(\S)CCCC)C(=O)N1CC[C@@H](N2CC/C(=N\C(=N/C)Nc3cc(C)cc(C)c3)C2)C[C@H]1C. The largest absolute Gasteiger partial charge is 0.336 e. The topological polar surface area (TPSA) is 60.3 Å². The molecule has 0 aromatic heterocycles. The summed E-state index contributed by atoms with van der Waals surface area (Å²) in [7, 11) is 1.78. The molecule has 0 bridgehead atoms. The number of thiol groups is 1. The Hall–Kier alpha value is -2.64. The van der Waals surface area contributed by atoms with Gasteiger partial charge in [0.2, 0.25) is 5.96 Å². The molecule has 2 saturated heterocycles. The molecule has 0 radical (unpaired) electrons. The number of unbranched alkanes of at least 4 members (excludes halogenated alkanes) is 1. The van der Waals surface area contributed by atoms with Crippen molar-refractivity contribution in [2.24, 2.45) is 9.98 Å². The zero-order valence-electron chi connectivity index (χ0n) is 23.8. The third-order valence-electron chi connectivity index (χ3n) is 7.36. The molecular formula is C31H45N5OS. The van der Waals surface area contributed by atoms with E-state index in [1.165, 1.54) is 11.1 Å². The normalized spacial score (nSPS) is 22.7. The van der Waals surface area contributed by atoms with Gasteiger partial charge < -0.3 is 10.2 Å². The molecule has 2 aliphatic heterocycles. The summed E-state index contributed by atoms with van der Waals surface area (Å²) in [6.07, 6.45) is 11.5. The van der Waals surface area contributed by atoms with E-state index in [0.717, 1.165) is 74.5 Å². The maximum absolute atomic E-state index is 13.3. The van der Waals surface area contributed by atoms with Gasteiger partial charge in [-0.05, 0) is 87.1 Å². The Kier molecular flexibility index (Phi) is 11.4. The van der Waals surface area contributed by atoms with Crippen LogP contribution in [-0.4, -0.2) is 66.1 Å². The van der Waals surface area contributed by atoms with Gasteiger partial charge in [-0.15, -0.1) is 12.6 Å². The number of hydrogen-bond donors (Lipinski definition) is 2. The summed E-state index contributed by atoms with van der Waals surface area (Å²) in [5.41, 5.74) is 5.24. The monoisotopic (exact) mass is 535 g/mol. The van der Waals surface area contributed by atoms with Crippen LogP contribution >= 0.6 is 12.6 Å². The van der Waals surface area contributed by atoms with Crippen LogP contribution in [0.1, 0.15) is 63.5 Å². The van der Waals surface area contributed by atoms with E-state index in [9.17, 15) is 4.79 Å². The van der Waals surface area contributed by atoms with Gasteiger partial charge >= 0.3 is 0 Å². The van der Waals surface area contributed by atoms with Crippen molar-refractivity contribution in [1.29, 1.82) is 0 Å². The number of anilines is 1. The minimum Gasteiger partial charge on any atom is -0.336 e. The lowest BCUT2D eigenvalue weighted by Gasteiger charge is -2.41. The highest BCUT2D eigenvalue weighted by Gasteiger charge is 2.34. The van der Waals surface area contributed by atoms with Crippen LogP contribution in [0.3, 0.4) is 0 Å². The highest BCUT2D eigenvalue weighted by Crippen LogP contribution is 2.26. The number of piperidine rings is 1. The average molecular weight is 536 g/mol. The van der Waals surface area contributed by atoms with Crippen molar-refractivity contribution >= 4 is 35.9 Å². The summed E-state index contributed by atoms with van der Waals surface area (Å²) in [5.74, 6) is 0.709. The summed E-state index contributed by atoms with van der Waals surface area (Å²) in [5, 5.41) is 3.38. The molecule has 0 aliphatic carbocycles. The van der Waals surface area contributed by atoms with Crippen LogP contribution in [0, 0.1) is 13.8 Å². The lowest BCUT2D eigenvalue weighted by Crippen LogP contribution is -2.50. The second-order valence-corrected chi connectivity index (χ2v) is 11.1. The van der Waals surface area contributed by atoms with Gasteiger partial charge in [0.05, 0.1) is 0 Å². The summed E-state index contributed by atoms with van der Waals surface area (Å²) in [4.78, 5) is 28.0. The van der Waals surface area contributed by atoms with Gasteiger partial charge in [0, 0.05) is 55.7 Å². The number of guanidine groups is 1. The number of nitrogens with zero attached hydrogens (tertiary/aromatic N) is 4. The fourth-order valence-corrected chi connectivity index (χ4v) is 5.56. The molecule has 2 atom stereocenters. The molecule has 2 aliphatic rings. The minimum absolute atomic E-state index is 0.0590. The van der Waals surface area contributed by atoms with Crippen LogP contribution in [0.25, 0.3) is 0 Å².